The van der Waals surface area contributed by atoms with Crippen LogP contribution in [0.1, 0.15) is 5.69 Å². The summed E-state index contributed by atoms with van der Waals surface area (Å²) in [6, 6.07) is 13.3. The molecule has 138 valence electrons. The van der Waals surface area contributed by atoms with Crippen molar-refractivity contribution in [3.05, 3.63) is 59.4 Å². The minimum atomic E-state index is 0.0430. The molecule has 0 saturated carbocycles. The van der Waals surface area contributed by atoms with E-state index in [1.807, 2.05) is 58.0 Å². The predicted molar refractivity (Wildman–Crippen MR) is 104 cm³/mol. The molecule has 3 heterocycles. The van der Waals surface area contributed by atoms with Crippen LogP contribution in [-0.4, -0.2) is 57.7 Å². The molecule has 0 spiro atoms. The molecule has 3 aromatic rings. The molecule has 0 radical (unpaired) electrons. The van der Waals surface area contributed by atoms with Gasteiger partial charge in [-0.25, -0.2) is 4.98 Å². The lowest BCUT2D eigenvalue weighted by atomic mass is 10.1. The summed E-state index contributed by atoms with van der Waals surface area (Å²) >= 11 is 6.01. The topological polar surface area (TPSA) is 57.9 Å². The zero-order valence-corrected chi connectivity index (χ0v) is 15.5. The zero-order valence-electron chi connectivity index (χ0n) is 14.7. The highest BCUT2D eigenvalue weighted by Crippen LogP contribution is 2.26. The average Bonchev–Trinajstić information content (AvgIpc) is 3.07. The standard InChI is InChI=1S/C20H19ClN4O2/c21-16-6-4-15(5-7-16)20-17(25-8-2-1-3-18(25)22-20)13-19(27)24-11-9-23(14-26)10-12-24/h1-8,14H,9-13H2. The van der Waals surface area contributed by atoms with E-state index in [1.54, 1.807) is 4.90 Å². The van der Waals surface area contributed by atoms with Gasteiger partial charge in [0.15, 0.2) is 0 Å². The molecule has 1 fully saturated rings. The maximum absolute atomic E-state index is 12.9. The fraction of sp³-hybridized carbons (Fsp3) is 0.250. The molecule has 0 N–H and O–H groups in total. The normalized spacial score (nSPS) is 14.6. The Labute approximate surface area is 162 Å². The van der Waals surface area contributed by atoms with Crippen LogP contribution >= 0.6 is 11.6 Å². The lowest BCUT2D eigenvalue weighted by Gasteiger charge is -2.32. The van der Waals surface area contributed by atoms with Crippen LogP contribution in [0.4, 0.5) is 0 Å². The van der Waals surface area contributed by atoms with Gasteiger partial charge in [0.25, 0.3) is 0 Å². The molecule has 1 aliphatic rings. The minimum absolute atomic E-state index is 0.0430. The number of halogens is 1. The summed E-state index contributed by atoms with van der Waals surface area (Å²) in [4.78, 5) is 32.0. The number of fused-ring (bicyclic) bond motifs is 1. The van der Waals surface area contributed by atoms with Gasteiger partial charge in [0.2, 0.25) is 12.3 Å². The Balaban J connectivity index is 1.66. The fourth-order valence-electron chi connectivity index (χ4n) is 3.39. The number of rotatable bonds is 4. The number of hydrogen-bond donors (Lipinski definition) is 0. The van der Waals surface area contributed by atoms with Gasteiger partial charge in [-0.05, 0) is 24.3 Å². The first-order chi connectivity index (χ1) is 13.2. The van der Waals surface area contributed by atoms with E-state index in [-0.39, 0.29) is 12.3 Å². The van der Waals surface area contributed by atoms with Crippen LogP contribution in [0.15, 0.2) is 48.7 Å². The molecular formula is C20H19ClN4O2. The maximum Gasteiger partial charge on any atom is 0.228 e. The van der Waals surface area contributed by atoms with E-state index < -0.39 is 0 Å². The van der Waals surface area contributed by atoms with E-state index in [0.717, 1.165) is 29.0 Å². The van der Waals surface area contributed by atoms with Crippen LogP contribution in [-0.2, 0) is 16.0 Å². The van der Waals surface area contributed by atoms with Gasteiger partial charge in [0, 0.05) is 43.0 Å². The molecular weight excluding hydrogens is 364 g/mol. The Morgan fingerprint density at radius 2 is 1.81 bits per heavy atom. The summed E-state index contributed by atoms with van der Waals surface area (Å²) in [6.45, 7) is 2.27. The fourth-order valence-corrected chi connectivity index (χ4v) is 3.51. The third-order valence-electron chi connectivity index (χ3n) is 4.88. The van der Waals surface area contributed by atoms with Gasteiger partial charge in [0.1, 0.15) is 5.65 Å². The lowest BCUT2D eigenvalue weighted by Crippen LogP contribution is -2.48. The van der Waals surface area contributed by atoms with E-state index in [1.165, 1.54) is 0 Å². The van der Waals surface area contributed by atoms with Crippen molar-refractivity contribution in [2.24, 2.45) is 0 Å². The summed E-state index contributed by atoms with van der Waals surface area (Å²) in [6.07, 6.45) is 3.02. The van der Waals surface area contributed by atoms with Gasteiger partial charge in [-0.1, -0.05) is 29.8 Å². The summed E-state index contributed by atoms with van der Waals surface area (Å²) in [7, 11) is 0. The van der Waals surface area contributed by atoms with Crippen molar-refractivity contribution in [3.63, 3.8) is 0 Å². The largest absolute Gasteiger partial charge is 0.342 e. The zero-order chi connectivity index (χ0) is 18.8. The average molecular weight is 383 g/mol. The van der Waals surface area contributed by atoms with Crippen LogP contribution in [0, 0.1) is 0 Å². The number of carbonyl (C=O) groups excluding carboxylic acids is 2. The Morgan fingerprint density at radius 1 is 1.07 bits per heavy atom. The molecule has 0 atom stereocenters. The molecule has 2 amide bonds. The Hall–Kier alpha value is -2.86. The Bertz CT molecular complexity index is 975. The second kappa shape index (κ2) is 7.40. The number of hydrogen-bond acceptors (Lipinski definition) is 3. The summed E-state index contributed by atoms with van der Waals surface area (Å²) < 4.78 is 1.96. The number of nitrogens with zero attached hydrogens (tertiary/aromatic N) is 4. The van der Waals surface area contributed by atoms with Gasteiger partial charge in [-0.15, -0.1) is 0 Å². The van der Waals surface area contributed by atoms with E-state index in [2.05, 4.69) is 0 Å². The van der Waals surface area contributed by atoms with Crippen molar-refractivity contribution >= 4 is 29.6 Å². The van der Waals surface area contributed by atoms with Crippen molar-refractivity contribution in [1.29, 1.82) is 0 Å². The van der Waals surface area contributed by atoms with Crippen LogP contribution in [0.3, 0.4) is 0 Å². The van der Waals surface area contributed by atoms with Crippen LogP contribution in [0.2, 0.25) is 5.02 Å². The number of amides is 2. The van der Waals surface area contributed by atoms with Crippen molar-refractivity contribution in [3.8, 4) is 11.3 Å². The molecule has 7 heteroatoms. The van der Waals surface area contributed by atoms with Gasteiger partial charge in [-0.2, -0.15) is 0 Å². The summed E-state index contributed by atoms with van der Waals surface area (Å²) in [5, 5.41) is 0.660. The van der Waals surface area contributed by atoms with E-state index in [9.17, 15) is 9.59 Å². The molecule has 0 unspecified atom stereocenters. The van der Waals surface area contributed by atoms with E-state index in [4.69, 9.17) is 16.6 Å². The highest BCUT2D eigenvalue weighted by Gasteiger charge is 2.23. The second-order valence-corrected chi connectivity index (χ2v) is 6.98. The summed E-state index contributed by atoms with van der Waals surface area (Å²) in [5.41, 5.74) is 3.38. The highest BCUT2D eigenvalue weighted by molar-refractivity contribution is 6.30. The number of imidazole rings is 1. The maximum atomic E-state index is 12.9. The molecule has 6 nitrogen and oxygen atoms in total. The molecule has 1 aliphatic heterocycles. The van der Waals surface area contributed by atoms with Crippen molar-refractivity contribution in [1.82, 2.24) is 19.2 Å². The van der Waals surface area contributed by atoms with Crippen molar-refractivity contribution < 1.29 is 9.59 Å². The quantitative estimate of drug-likeness (QED) is 0.651. The Kier molecular flexibility index (Phi) is 4.81. The lowest BCUT2D eigenvalue weighted by molar-refractivity contribution is -0.134. The molecule has 1 saturated heterocycles. The monoisotopic (exact) mass is 382 g/mol. The van der Waals surface area contributed by atoms with E-state index in [0.29, 0.717) is 31.2 Å². The van der Waals surface area contributed by atoms with Gasteiger partial charge >= 0.3 is 0 Å². The predicted octanol–water partition coefficient (Wildman–Crippen LogP) is 2.50. The number of carbonyl (C=O) groups is 2. The van der Waals surface area contributed by atoms with Crippen LogP contribution in [0.5, 0.6) is 0 Å². The van der Waals surface area contributed by atoms with Crippen LogP contribution < -0.4 is 0 Å². The van der Waals surface area contributed by atoms with Gasteiger partial charge in [-0.3, -0.25) is 9.59 Å². The number of pyridine rings is 1. The smallest absolute Gasteiger partial charge is 0.228 e. The van der Waals surface area contributed by atoms with Gasteiger partial charge < -0.3 is 14.2 Å². The van der Waals surface area contributed by atoms with Gasteiger partial charge in [0.05, 0.1) is 17.8 Å². The first kappa shape index (κ1) is 17.5. The minimum Gasteiger partial charge on any atom is -0.342 e. The Morgan fingerprint density at radius 3 is 2.52 bits per heavy atom. The van der Waals surface area contributed by atoms with Crippen LogP contribution in [0.25, 0.3) is 16.9 Å². The third kappa shape index (κ3) is 3.53. The number of aromatic nitrogens is 2. The third-order valence-corrected chi connectivity index (χ3v) is 5.13. The molecule has 0 aliphatic carbocycles. The number of benzene rings is 1. The van der Waals surface area contributed by atoms with Crippen molar-refractivity contribution in [2.75, 3.05) is 26.2 Å². The SMILES string of the molecule is O=CN1CCN(C(=O)Cc2c(-c3ccc(Cl)cc3)nc3ccccn23)CC1. The highest BCUT2D eigenvalue weighted by atomic mass is 35.5. The van der Waals surface area contributed by atoms with E-state index >= 15 is 0 Å². The second-order valence-electron chi connectivity index (χ2n) is 6.54. The van der Waals surface area contributed by atoms with Crippen molar-refractivity contribution in [2.45, 2.75) is 6.42 Å². The molecule has 1 aromatic carbocycles. The first-order valence-electron chi connectivity index (χ1n) is 8.85. The first-order valence-corrected chi connectivity index (χ1v) is 9.22. The molecule has 27 heavy (non-hydrogen) atoms. The number of piperazine rings is 1. The molecule has 4 rings (SSSR count). The molecule has 0 bridgehead atoms. The molecule has 2 aromatic heterocycles. The summed E-state index contributed by atoms with van der Waals surface area (Å²) in [5.74, 6) is 0.0430.